The minimum atomic E-state index is 0.141. The van der Waals surface area contributed by atoms with Gasteiger partial charge < -0.3 is 5.32 Å². The van der Waals surface area contributed by atoms with Gasteiger partial charge in [0.15, 0.2) is 5.16 Å². The Morgan fingerprint density at radius 3 is 2.77 bits per heavy atom. The fourth-order valence-electron chi connectivity index (χ4n) is 3.92. The molecule has 166 valence electrons. The largest absolute Gasteiger partial charge is 0.356 e. The number of nitrogens with zero attached hydrogens (tertiary/aromatic N) is 3. The van der Waals surface area contributed by atoms with Gasteiger partial charge in [-0.3, -0.25) is 9.36 Å². The third-order valence-electron chi connectivity index (χ3n) is 5.29. The molecule has 31 heavy (non-hydrogen) atoms. The summed E-state index contributed by atoms with van der Waals surface area (Å²) in [5, 5.41) is 12.9. The molecule has 0 radical (unpaired) electrons. The van der Waals surface area contributed by atoms with Gasteiger partial charge in [0.25, 0.3) is 0 Å². The van der Waals surface area contributed by atoms with Crippen molar-refractivity contribution in [1.82, 2.24) is 20.1 Å². The van der Waals surface area contributed by atoms with Crippen molar-refractivity contribution in [2.75, 3.05) is 12.3 Å². The second-order valence-electron chi connectivity index (χ2n) is 8.31. The molecule has 1 unspecified atom stereocenters. The number of carbonyl (C=O) groups excluding carboxylic acids is 1. The van der Waals surface area contributed by atoms with Gasteiger partial charge in [0, 0.05) is 30.8 Å². The van der Waals surface area contributed by atoms with Crippen LogP contribution in [0.4, 0.5) is 0 Å². The average Bonchev–Trinajstić information content (AvgIpc) is 3.16. The van der Waals surface area contributed by atoms with Crippen LogP contribution in [0.3, 0.4) is 0 Å². The minimum Gasteiger partial charge on any atom is -0.356 e. The van der Waals surface area contributed by atoms with E-state index in [1.807, 2.05) is 18.2 Å². The van der Waals surface area contributed by atoms with Crippen LogP contribution in [0.1, 0.15) is 58.7 Å². The van der Waals surface area contributed by atoms with Gasteiger partial charge in [0.2, 0.25) is 5.91 Å². The Bertz CT molecular complexity index is 917. The Hall–Kier alpha value is -2.34. The van der Waals surface area contributed by atoms with E-state index >= 15 is 0 Å². The van der Waals surface area contributed by atoms with E-state index in [9.17, 15) is 4.79 Å². The van der Waals surface area contributed by atoms with E-state index in [1.54, 1.807) is 11.8 Å². The molecule has 1 aliphatic rings. The molecule has 6 heteroatoms. The SMILES string of the molecule is CCCNC(=O)CCCCc1nnc(SCC2=CC(C)=CC(C)C2)n1-c1ccccc1. The van der Waals surface area contributed by atoms with Crippen LogP contribution in [0.5, 0.6) is 0 Å². The number of allylic oxidation sites excluding steroid dienone is 3. The molecule has 0 saturated heterocycles. The third-order valence-corrected chi connectivity index (χ3v) is 6.33. The number of hydrogen-bond donors (Lipinski definition) is 1. The molecule has 0 spiro atoms. The molecule has 1 atom stereocenters. The van der Waals surface area contributed by atoms with Crippen molar-refractivity contribution in [1.29, 1.82) is 0 Å². The van der Waals surface area contributed by atoms with Crippen molar-refractivity contribution in [3.8, 4) is 5.69 Å². The number of unbranched alkanes of at least 4 members (excludes halogenated alkanes) is 1. The molecule has 5 nitrogen and oxygen atoms in total. The first-order valence-electron chi connectivity index (χ1n) is 11.3. The maximum atomic E-state index is 11.8. The maximum absolute atomic E-state index is 11.8. The molecule has 0 fully saturated rings. The number of carbonyl (C=O) groups is 1. The van der Waals surface area contributed by atoms with Gasteiger partial charge in [0.1, 0.15) is 5.82 Å². The van der Waals surface area contributed by atoms with Gasteiger partial charge in [-0.25, -0.2) is 0 Å². The smallest absolute Gasteiger partial charge is 0.219 e. The number of aryl methyl sites for hydroxylation is 1. The fraction of sp³-hybridized carbons (Fsp3) is 0.480. The summed E-state index contributed by atoms with van der Waals surface area (Å²) in [5.41, 5.74) is 3.90. The Balaban J connectivity index is 1.66. The molecule has 2 aromatic rings. The van der Waals surface area contributed by atoms with Crippen molar-refractivity contribution in [2.45, 2.75) is 64.5 Å². The van der Waals surface area contributed by atoms with Crippen LogP contribution in [-0.4, -0.2) is 33.0 Å². The summed E-state index contributed by atoms with van der Waals surface area (Å²) in [5.74, 6) is 2.63. The molecule has 1 aliphatic carbocycles. The van der Waals surface area contributed by atoms with E-state index in [4.69, 9.17) is 0 Å². The number of hydrogen-bond acceptors (Lipinski definition) is 4. The monoisotopic (exact) mass is 438 g/mol. The number of thioether (sulfide) groups is 1. The number of nitrogens with one attached hydrogen (secondary N) is 1. The lowest BCUT2D eigenvalue weighted by Crippen LogP contribution is -2.23. The summed E-state index contributed by atoms with van der Waals surface area (Å²) >= 11 is 1.76. The lowest BCUT2D eigenvalue weighted by atomic mass is 9.93. The second kappa shape index (κ2) is 11.9. The van der Waals surface area contributed by atoms with Crippen LogP contribution in [0.2, 0.25) is 0 Å². The highest BCUT2D eigenvalue weighted by molar-refractivity contribution is 7.99. The standard InChI is InChI=1S/C25H34N4OS/c1-4-14-26-24(30)13-9-8-12-23-27-28-25(29(23)22-10-6-5-7-11-22)31-18-21-16-19(2)15-20(3)17-21/h5-7,10-11,15-16,20H,4,8-9,12-14,17-18H2,1-3H3,(H,26,30). The predicted molar refractivity (Wildman–Crippen MR) is 129 cm³/mol. The molecule has 0 bridgehead atoms. The van der Waals surface area contributed by atoms with Gasteiger partial charge in [-0.2, -0.15) is 0 Å². The van der Waals surface area contributed by atoms with Gasteiger partial charge >= 0.3 is 0 Å². The van der Waals surface area contributed by atoms with Crippen molar-refractivity contribution in [2.24, 2.45) is 5.92 Å². The van der Waals surface area contributed by atoms with Gasteiger partial charge in [-0.1, -0.05) is 67.1 Å². The normalized spacial score (nSPS) is 16.0. The maximum Gasteiger partial charge on any atom is 0.219 e. The number of rotatable bonds is 11. The van der Waals surface area contributed by atoms with Gasteiger partial charge in [-0.05, 0) is 50.7 Å². The summed E-state index contributed by atoms with van der Waals surface area (Å²) < 4.78 is 2.18. The van der Waals surface area contributed by atoms with Gasteiger partial charge in [0.05, 0.1) is 0 Å². The van der Waals surface area contributed by atoms with Crippen molar-refractivity contribution in [3.05, 3.63) is 59.5 Å². The van der Waals surface area contributed by atoms with Crippen molar-refractivity contribution < 1.29 is 4.79 Å². The summed E-state index contributed by atoms with van der Waals surface area (Å²) in [6.45, 7) is 7.27. The van der Waals surface area contributed by atoms with E-state index in [2.05, 4.69) is 65.1 Å². The third kappa shape index (κ3) is 7.10. The van der Waals surface area contributed by atoms with E-state index in [-0.39, 0.29) is 5.91 Å². The van der Waals surface area contributed by atoms with Crippen LogP contribution in [0, 0.1) is 5.92 Å². The van der Waals surface area contributed by atoms with Gasteiger partial charge in [-0.15, -0.1) is 10.2 Å². The van der Waals surface area contributed by atoms with Crippen LogP contribution >= 0.6 is 11.8 Å². The molecular weight excluding hydrogens is 404 g/mol. The van der Waals surface area contributed by atoms with Crippen LogP contribution < -0.4 is 5.32 Å². The molecular formula is C25H34N4OS. The summed E-state index contributed by atoms with van der Waals surface area (Å²) in [4.78, 5) is 11.8. The lowest BCUT2D eigenvalue weighted by molar-refractivity contribution is -0.121. The van der Waals surface area contributed by atoms with E-state index in [1.165, 1.54) is 11.1 Å². The fourth-order valence-corrected chi connectivity index (χ4v) is 4.88. The Morgan fingerprint density at radius 1 is 1.23 bits per heavy atom. The molecule has 1 amide bonds. The van der Waals surface area contributed by atoms with Crippen LogP contribution in [0.15, 0.2) is 58.8 Å². The number of amides is 1. The molecule has 1 aromatic heterocycles. The average molecular weight is 439 g/mol. The Kier molecular flexibility index (Phi) is 8.95. The topological polar surface area (TPSA) is 59.8 Å². The highest BCUT2D eigenvalue weighted by atomic mass is 32.2. The Morgan fingerprint density at radius 2 is 2.03 bits per heavy atom. The zero-order chi connectivity index (χ0) is 22.1. The highest BCUT2D eigenvalue weighted by Crippen LogP contribution is 2.29. The summed E-state index contributed by atoms with van der Waals surface area (Å²) in [7, 11) is 0. The predicted octanol–water partition coefficient (Wildman–Crippen LogP) is 5.51. The second-order valence-corrected chi connectivity index (χ2v) is 9.25. The van der Waals surface area contributed by atoms with Crippen molar-refractivity contribution >= 4 is 17.7 Å². The lowest BCUT2D eigenvalue weighted by Gasteiger charge is -2.17. The zero-order valence-corrected chi connectivity index (χ0v) is 19.8. The molecule has 0 saturated carbocycles. The van der Waals surface area contributed by atoms with Crippen molar-refractivity contribution in [3.63, 3.8) is 0 Å². The molecule has 1 heterocycles. The van der Waals surface area contributed by atoms with Crippen LogP contribution in [-0.2, 0) is 11.2 Å². The Labute approximate surface area is 190 Å². The molecule has 3 rings (SSSR count). The minimum absolute atomic E-state index is 0.141. The number of para-hydroxylation sites is 1. The van der Waals surface area contributed by atoms with E-state index < -0.39 is 0 Å². The first kappa shape index (κ1) is 23.3. The molecule has 1 N–H and O–H groups in total. The number of aromatic nitrogens is 3. The van der Waals surface area contributed by atoms with Crippen LogP contribution in [0.25, 0.3) is 5.69 Å². The van der Waals surface area contributed by atoms with E-state index in [0.29, 0.717) is 12.3 Å². The molecule has 1 aromatic carbocycles. The zero-order valence-electron chi connectivity index (χ0n) is 18.9. The first-order chi connectivity index (χ1) is 15.1. The quantitative estimate of drug-likeness (QED) is 0.371. The molecule has 0 aliphatic heterocycles. The highest BCUT2D eigenvalue weighted by Gasteiger charge is 2.16. The first-order valence-corrected chi connectivity index (χ1v) is 12.3. The number of benzene rings is 1. The summed E-state index contributed by atoms with van der Waals surface area (Å²) in [6, 6.07) is 10.3. The summed E-state index contributed by atoms with van der Waals surface area (Å²) in [6.07, 6.45) is 9.88. The van der Waals surface area contributed by atoms with E-state index in [0.717, 1.165) is 61.1 Å².